The van der Waals surface area contributed by atoms with Crippen molar-refractivity contribution in [3.8, 4) is 0 Å². The van der Waals surface area contributed by atoms with E-state index in [4.69, 9.17) is 11.6 Å². The Morgan fingerprint density at radius 3 is 2.62 bits per heavy atom. The fourth-order valence-electron chi connectivity index (χ4n) is 2.79. The molecule has 1 fully saturated rings. The zero-order valence-corrected chi connectivity index (χ0v) is 16.0. The summed E-state index contributed by atoms with van der Waals surface area (Å²) in [5, 5.41) is 3.32. The van der Waals surface area contributed by atoms with E-state index < -0.39 is 9.84 Å². The molecule has 3 rings (SSSR count). The fraction of sp³-hybridized carbons (Fsp3) is 0.353. The molecule has 0 aliphatic carbocycles. The number of hydrogen-bond acceptors (Lipinski definition) is 6. The number of rotatable bonds is 4. The number of benzene rings is 1. The average molecular weight is 395 g/mol. The van der Waals surface area contributed by atoms with Crippen molar-refractivity contribution in [2.75, 3.05) is 28.8 Å². The van der Waals surface area contributed by atoms with Gasteiger partial charge in [-0.1, -0.05) is 17.7 Å². The monoisotopic (exact) mass is 394 g/mol. The maximum absolute atomic E-state index is 12.4. The molecule has 0 saturated carbocycles. The molecule has 1 saturated heterocycles. The predicted molar refractivity (Wildman–Crippen MR) is 102 cm³/mol. The van der Waals surface area contributed by atoms with Crippen LogP contribution in [-0.4, -0.2) is 48.9 Å². The van der Waals surface area contributed by atoms with E-state index in [0.717, 1.165) is 5.56 Å². The second kappa shape index (κ2) is 7.20. The number of aryl methyl sites for hydroxylation is 1. The Morgan fingerprint density at radius 2 is 2.00 bits per heavy atom. The highest BCUT2D eigenvalue weighted by molar-refractivity contribution is 7.91. The second-order valence-electron chi connectivity index (χ2n) is 6.35. The molecule has 26 heavy (non-hydrogen) atoms. The first kappa shape index (κ1) is 18.6. The topological polar surface area (TPSA) is 92.3 Å². The summed E-state index contributed by atoms with van der Waals surface area (Å²) in [4.78, 5) is 22.5. The van der Waals surface area contributed by atoms with Crippen LogP contribution in [0.4, 0.5) is 11.6 Å². The third-order valence-electron chi connectivity index (χ3n) is 4.42. The van der Waals surface area contributed by atoms with Gasteiger partial charge >= 0.3 is 0 Å². The van der Waals surface area contributed by atoms with Crippen LogP contribution in [0.15, 0.2) is 30.6 Å². The molecule has 1 aliphatic heterocycles. The van der Waals surface area contributed by atoms with Crippen LogP contribution in [0.2, 0.25) is 5.02 Å². The maximum atomic E-state index is 12.4. The zero-order valence-electron chi connectivity index (χ0n) is 14.4. The van der Waals surface area contributed by atoms with Gasteiger partial charge < -0.3 is 10.2 Å². The van der Waals surface area contributed by atoms with Crippen molar-refractivity contribution in [3.05, 3.63) is 46.7 Å². The smallest absolute Gasteiger partial charge is 0.258 e. The molecule has 1 atom stereocenters. The highest BCUT2D eigenvalue weighted by Gasteiger charge is 2.31. The van der Waals surface area contributed by atoms with Crippen LogP contribution >= 0.6 is 11.6 Å². The minimum absolute atomic E-state index is 0.100. The molecule has 1 aromatic carbocycles. The summed E-state index contributed by atoms with van der Waals surface area (Å²) in [6.45, 7) is 1.87. The van der Waals surface area contributed by atoms with Gasteiger partial charge in [0, 0.05) is 36.2 Å². The van der Waals surface area contributed by atoms with Crippen molar-refractivity contribution in [1.29, 1.82) is 0 Å². The van der Waals surface area contributed by atoms with Gasteiger partial charge in [-0.2, -0.15) is 0 Å². The van der Waals surface area contributed by atoms with Crippen LogP contribution in [0.25, 0.3) is 0 Å². The first-order valence-corrected chi connectivity index (χ1v) is 10.3. The Hall–Kier alpha value is -2.19. The molecule has 1 amide bonds. The number of amides is 1. The van der Waals surface area contributed by atoms with Gasteiger partial charge in [-0.15, -0.1) is 0 Å². The molecule has 1 N–H and O–H groups in total. The van der Waals surface area contributed by atoms with E-state index in [1.54, 1.807) is 24.1 Å². The van der Waals surface area contributed by atoms with Crippen LogP contribution in [0, 0.1) is 6.92 Å². The number of halogens is 1. The highest BCUT2D eigenvalue weighted by Crippen LogP contribution is 2.22. The number of aromatic nitrogens is 2. The van der Waals surface area contributed by atoms with Crippen LogP contribution in [-0.2, 0) is 9.84 Å². The van der Waals surface area contributed by atoms with Gasteiger partial charge in [0.1, 0.15) is 0 Å². The number of carbonyl (C=O) groups excluding carboxylic acids is 1. The molecule has 0 bridgehead atoms. The Balaban J connectivity index is 1.71. The fourth-order valence-corrected chi connectivity index (χ4v) is 4.73. The SMILES string of the molecule is Cc1ccc(Cl)cc1NC(=O)c1cnc(N(C)C2CCS(=O)(=O)C2)nc1. The summed E-state index contributed by atoms with van der Waals surface area (Å²) in [6, 6.07) is 5.11. The summed E-state index contributed by atoms with van der Waals surface area (Å²) in [5.74, 6) is 0.334. The first-order chi connectivity index (χ1) is 12.2. The summed E-state index contributed by atoms with van der Waals surface area (Å²) < 4.78 is 23.2. The molecule has 1 unspecified atom stereocenters. The van der Waals surface area contributed by atoms with Crippen LogP contribution in [0.3, 0.4) is 0 Å². The Bertz CT molecular complexity index is 932. The lowest BCUT2D eigenvalue weighted by Gasteiger charge is -2.23. The van der Waals surface area contributed by atoms with E-state index in [9.17, 15) is 13.2 Å². The number of nitrogens with one attached hydrogen (secondary N) is 1. The number of carbonyl (C=O) groups is 1. The molecule has 9 heteroatoms. The van der Waals surface area contributed by atoms with Crippen LogP contribution in [0.5, 0.6) is 0 Å². The minimum atomic E-state index is -2.98. The number of anilines is 2. The van der Waals surface area contributed by atoms with Crippen molar-refractivity contribution in [2.45, 2.75) is 19.4 Å². The molecule has 2 aromatic rings. The third kappa shape index (κ3) is 4.13. The van der Waals surface area contributed by atoms with Crippen molar-refractivity contribution in [3.63, 3.8) is 0 Å². The Kier molecular flexibility index (Phi) is 5.15. The van der Waals surface area contributed by atoms with Gasteiger partial charge in [0.15, 0.2) is 9.84 Å². The minimum Gasteiger partial charge on any atom is -0.340 e. The van der Waals surface area contributed by atoms with Gasteiger partial charge in [0.25, 0.3) is 5.91 Å². The van der Waals surface area contributed by atoms with E-state index >= 15 is 0 Å². The molecule has 138 valence electrons. The zero-order chi connectivity index (χ0) is 18.9. The molecule has 1 aliphatic rings. The van der Waals surface area contributed by atoms with Crippen LogP contribution < -0.4 is 10.2 Å². The number of hydrogen-bond donors (Lipinski definition) is 1. The third-order valence-corrected chi connectivity index (χ3v) is 6.41. The van der Waals surface area contributed by atoms with Crippen molar-refractivity contribution in [2.24, 2.45) is 0 Å². The predicted octanol–water partition coefficient (Wildman–Crippen LogP) is 2.31. The molecule has 0 spiro atoms. The molecular formula is C17H19ClN4O3S. The lowest BCUT2D eigenvalue weighted by atomic mass is 10.2. The quantitative estimate of drug-likeness (QED) is 0.855. The van der Waals surface area contributed by atoms with E-state index in [0.29, 0.717) is 28.6 Å². The van der Waals surface area contributed by atoms with E-state index in [1.807, 2.05) is 13.0 Å². The number of sulfone groups is 1. The molecule has 7 nitrogen and oxygen atoms in total. The van der Waals surface area contributed by atoms with Crippen molar-refractivity contribution in [1.82, 2.24) is 9.97 Å². The van der Waals surface area contributed by atoms with Gasteiger partial charge in [-0.05, 0) is 31.0 Å². The Labute approximate surface area is 157 Å². The second-order valence-corrected chi connectivity index (χ2v) is 9.02. The first-order valence-electron chi connectivity index (χ1n) is 8.08. The molecular weight excluding hydrogens is 376 g/mol. The summed E-state index contributed by atoms with van der Waals surface area (Å²) >= 11 is 5.96. The van der Waals surface area contributed by atoms with Gasteiger partial charge in [-0.25, -0.2) is 18.4 Å². The van der Waals surface area contributed by atoms with Gasteiger partial charge in [0.05, 0.1) is 17.1 Å². The molecule has 0 radical (unpaired) electrons. The maximum Gasteiger partial charge on any atom is 0.258 e. The van der Waals surface area contributed by atoms with Crippen LogP contribution in [0.1, 0.15) is 22.3 Å². The molecule has 1 aromatic heterocycles. The van der Waals surface area contributed by atoms with E-state index in [-0.39, 0.29) is 23.5 Å². The lowest BCUT2D eigenvalue weighted by molar-refractivity contribution is 0.102. The van der Waals surface area contributed by atoms with Crippen molar-refractivity contribution < 1.29 is 13.2 Å². The average Bonchev–Trinajstić information content (AvgIpc) is 2.97. The highest BCUT2D eigenvalue weighted by atomic mass is 35.5. The largest absolute Gasteiger partial charge is 0.340 e. The van der Waals surface area contributed by atoms with Gasteiger partial charge in [-0.3, -0.25) is 4.79 Å². The normalized spacial score (nSPS) is 18.5. The summed E-state index contributed by atoms with van der Waals surface area (Å²) in [7, 11) is -1.22. The standard InChI is InChI=1S/C17H19ClN4O3S/c1-11-3-4-13(18)7-15(11)21-16(23)12-8-19-17(20-9-12)22(2)14-5-6-26(24,25)10-14/h3-4,7-9,14H,5-6,10H2,1-2H3,(H,21,23). The summed E-state index contributed by atoms with van der Waals surface area (Å²) in [5.41, 5.74) is 1.82. The van der Waals surface area contributed by atoms with E-state index in [2.05, 4.69) is 15.3 Å². The van der Waals surface area contributed by atoms with Crippen molar-refractivity contribution >= 4 is 39.0 Å². The Morgan fingerprint density at radius 1 is 1.31 bits per heavy atom. The molecule has 2 heterocycles. The number of nitrogens with zero attached hydrogens (tertiary/aromatic N) is 3. The van der Waals surface area contributed by atoms with E-state index in [1.165, 1.54) is 12.4 Å². The van der Waals surface area contributed by atoms with Gasteiger partial charge in [0.2, 0.25) is 5.95 Å². The lowest BCUT2D eigenvalue weighted by Crippen LogP contribution is -2.34. The summed E-state index contributed by atoms with van der Waals surface area (Å²) in [6.07, 6.45) is 3.41.